The summed E-state index contributed by atoms with van der Waals surface area (Å²) in [6.45, 7) is 1.91. The highest BCUT2D eigenvalue weighted by atomic mass is 32.2. The van der Waals surface area contributed by atoms with Crippen molar-refractivity contribution in [3.05, 3.63) is 54.1 Å². The first-order valence-electron chi connectivity index (χ1n) is 9.95. The molecule has 5 rings (SSSR count). The third-order valence-corrected chi connectivity index (χ3v) is 7.33. The van der Waals surface area contributed by atoms with Crippen molar-refractivity contribution in [3.8, 4) is 0 Å². The van der Waals surface area contributed by atoms with Gasteiger partial charge in [0, 0.05) is 31.9 Å². The van der Waals surface area contributed by atoms with Crippen molar-refractivity contribution in [2.45, 2.75) is 11.3 Å². The molecule has 0 aliphatic carbocycles. The highest BCUT2D eigenvalue weighted by Gasteiger charge is 2.31. The third-order valence-electron chi connectivity index (χ3n) is 5.41. The largest absolute Gasteiger partial charge is 0.416 e. The van der Waals surface area contributed by atoms with Crippen LogP contribution < -0.4 is 4.90 Å². The Balaban J connectivity index is 1.21. The first-order chi connectivity index (χ1) is 15.4. The Morgan fingerprint density at radius 1 is 1.03 bits per heavy atom. The van der Waals surface area contributed by atoms with Crippen molar-refractivity contribution in [1.29, 1.82) is 0 Å². The molecule has 1 aliphatic heterocycles. The fourth-order valence-corrected chi connectivity index (χ4v) is 5.63. The second-order valence-corrected chi connectivity index (χ2v) is 9.33. The molecule has 0 N–H and O–H groups in total. The molecular formula is C21H18F3N5OS2. The first kappa shape index (κ1) is 21.1. The number of anilines is 1. The zero-order chi connectivity index (χ0) is 22.3. The van der Waals surface area contributed by atoms with Crippen molar-refractivity contribution in [2.75, 3.05) is 36.8 Å². The van der Waals surface area contributed by atoms with Gasteiger partial charge in [0.05, 0.1) is 21.5 Å². The first-order valence-corrected chi connectivity index (χ1v) is 11.8. The maximum Gasteiger partial charge on any atom is 0.416 e. The number of halogens is 3. The van der Waals surface area contributed by atoms with E-state index in [4.69, 9.17) is 0 Å². The zero-order valence-electron chi connectivity index (χ0n) is 16.7. The van der Waals surface area contributed by atoms with Crippen LogP contribution in [0, 0.1) is 0 Å². The summed E-state index contributed by atoms with van der Waals surface area (Å²) in [7, 11) is 0. The number of piperazine rings is 1. The number of hydrogen-bond acceptors (Lipinski definition) is 6. The minimum absolute atomic E-state index is 0.0185. The van der Waals surface area contributed by atoms with E-state index in [1.54, 1.807) is 22.3 Å². The predicted octanol–water partition coefficient (Wildman–Crippen LogP) is 4.40. The lowest BCUT2D eigenvalue weighted by Gasteiger charge is -2.36. The van der Waals surface area contributed by atoms with Crippen molar-refractivity contribution in [1.82, 2.24) is 19.5 Å². The van der Waals surface area contributed by atoms with Crippen LogP contribution in [0.15, 0.2) is 53.7 Å². The van der Waals surface area contributed by atoms with E-state index >= 15 is 0 Å². The fraction of sp³-hybridized carbons (Fsp3) is 0.286. The van der Waals surface area contributed by atoms with Crippen LogP contribution in [0.4, 0.5) is 18.9 Å². The van der Waals surface area contributed by atoms with E-state index in [1.165, 1.54) is 17.8 Å². The van der Waals surface area contributed by atoms with Crippen molar-refractivity contribution in [2.24, 2.45) is 0 Å². The van der Waals surface area contributed by atoms with Crippen LogP contribution in [-0.4, -0.2) is 57.3 Å². The number of nitrogens with zero attached hydrogens (tertiary/aromatic N) is 5. The molecule has 4 aromatic rings. The Labute approximate surface area is 189 Å². The van der Waals surface area contributed by atoms with Gasteiger partial charge in [0.15, 0.2) is 5.16 Å². The molecule has 0 unspecified atom stereocenters. The molecule has 0 bridgehead atoms. The van der Waals surface area contributed by atoms with Gasteiger partial charge in [-0.05, 0) is 30.3 Å². The minimum atomic E-state index is -4.37. The summed E-state index contributed by atoms with van der Waals surface area (Å²) in [5.41, 5.74) is 0.879. The molecule has 1 fully saturated rings. The zero-order valence-corrected chi connectivity index (χ0v) is 18.4. The molecule has 2 aromatic carbocycles. The number of fused-ring (bicyclic) bond motifs is 3. The highest BCUT2D eigenvalue weighted by molar-refractivity contribution is 7.99. The van der Waals surface area contributed by atoms with Gasteiger partial charge in [-0.1, -0.05) is 41.3 Å². The SMILES string of the molecule is O=C(CSc1nnc2sc3ccccc3n12)N1CCN(c2cccc(C(F)(F)F)c2)CC1. The summed E-state index contributed by atoms with van der Waals surface area (Å²) in [4.78, 5) is 17.2. The molecule has 166 valence electrons. The van der Waals surface area contributed by atoms with Gasteiger partial charge >= 0.3 is 6.18 Å². The molecule has 32 heavy (non-hydrogen) atoms. The average molecular weight is 478 g/mol. The summed E-state index contributed by atoms with van der Waals surface area (Å²) in [5.74, 6) is 0.212. The van der Waals surface area contributed by atoms with Crippen LogP contribution in [0.5, 0.6) is 0 Å². The third kappa shape index (κ3) is 4.02. The average Bonchev–Trinajstić information content (AvgIpc) is 3.36. The summed E-state index contributed by atoms with van der Waals surface area (Å²) in [5, 5.41) is 9.11. The molecule has 2 aromatic heterocycles. The maximum absolute atomic E-state index is 13.0. The number of hydrogen-bond donors (Lipinski definition) is 0. The van der Waals surface area contributed by atoms with Crippen molar-refractivity contribution >= 4 is 49.9 Å². The lowest BCUT2D eigenvalue weighted by atomic mass is 10.1. The van der Waals surface area contributed by atoms with Gasteiger partial charge < -0.3 is 9.80 Å². The number of rotatable bonds is 4. The molecule has 1 aliphatic rings. The summed E-state index contributed by atoms with van der Waals surface area (Å²) in [6.07, 6.45) is -4.37. The second-order valence-electron chi connectivity index (χ2n) is 7.37. The molecule has 0 radical (unpaired) electrons. The quantitative estimate of drug-likeness (QED) is 0.408. The monoisotopic (exact) mass is 477 g/mol. The number of carbonyl (C=O) groups is 1. The molecule has 6 nitrogen and oxygen atoms in total. The number of thioether (sulfide) groups is 1. The van der Waals surface area contributed by atoms with Crippen molar-refractivity contribution < 1.29 is 18.0 Å². The van der Waals surface area contributed by atoms with Gasteiger partial charge in [0.1, 0.15) is 0 Å². The Morgan fingerprint density at radius 3 is 2.59 bits per heavy atom. The molecule has 0 spiro atoms. The number of alkyl halides is 3. The van der Waals surface area contributed by atoms with Gasteiger partial charge in [-0.3, -0.25) is 9.20 Å². The van der Waals surface area contributed by atoms with E-state index in [0.29, 0.717) is 37.0 Å². The molecule has 3 heterocycles. The van der Waals surface area contributed by atoms with Crippen LogP contribution in [0.2, 0.25) is 0 Å². The maximum atomic E-state index is 13.0. The molecule has 1 amide bonds. The normalized spacial score (nSPS) is 15.1. The van der Waals surface area contributed by atoms with E-state index in [-0.39, 0.29) is 11.7 Å². The topological polar surface area (TPSA) is 53.7 Å². The molecule has 0 atom stereocenters. The lowest BCUT2D eigenvalue weighted by Crippen LogP contribution is -2.49. The second kappa shape index (κ2) is 8.28. The number of amides is 1. The summed E-state index contributed by atoms with van der Waals surface area (Å²) < 4.78 is 42.0. The van der Waals surface area contributed by atoms with E-state index in [2.05, 4.69) is 10.2 Å². The molecule has 1 saturated heterocycles. The standard InChI is InChI=1S/C21H18F3N5OS2/c22-21(23,24)14-4-3-5-15(12-14)27-8-10-28(11-9-27)18(30)13-31-19-25-26-20-29(19)16-6-1-2-7-17(16)32-20/h1-7,12H,8-11,13H2. The van der Waals surface area contributed by atoms with Gasteiger partial charge in [-0.15, -0.1) is 10.2 Å². The minimum Gasteiger partial charge on any atom is -0.368 e. The smallest absolute Gasteiger partial charge is 0.368 e. The number of para-hydroxylation sites is 1. The Morgan fingerprint density at radius 2 is 1.81 bits per heavy atom. The van der Waals surface area contributed by atoms with Gasteiger partial charge in [0.25, 0.3) is 0 Å². The molecule has 11 heteroatoms. The highest BCUT2D eigenvalue weighted by Crippen LogP contribution is 2.32. The van der Waals surface area contributed by atoms with E-state index < -0.39 is 11.7 Å². The fourth-order valence-electron chi connectivity index (χ4n) is 3.76. The Kier molecular flexibility index (Phi) is 5.46. The predicted molar refractivity (Wildman–Crippen MR) is 119 cm³/mol. The van der Waals surface area contributed by atoms with Gasteiger partial charge in [0.2, 0.25) is 10.9 Å². The number of thiazole rings is 1. The van der Waals surface area contributed by atoms with Crippen LogP contribution in [-0.2, 0) is 11.0 Å². The number of carbonyl (C=O) groups excluding carboxylic acids is 1. The molecule has 0 saturated carbocycles. The van der Waals surface area contributed by atoms with E-state index in [0.717, 1.165) is 27.3 Å². The van der Waals surface area contributed by atoms with Gasteiger partial charge in [-0.25, -0.2) is 0 Å². The van der Waals surface area contributed by atoms with Gasteiger partial charge in [-0.2, -0.15) is 13.2 Å². The summed E-state index contributed by atoms with van der Waals surface area (Å²) >= 11 is 2.90. The number of benzene rings is 2. The molecular weight excluding hydrogens is 459 g/mol. The van der Waals surface area contributed by atoms with Crippen LogP contribution in [0.25, 0.3) is 15.2 Å². The van der Waals surface area contributed by atoms with E-state index in [9.17, 15) is 18.0 Å². The number of aromatic nitrogens is 3. The lowest BCUT2D eigenvalue weighted by molar-refractivity contribution is -0.137. The Bertz CT molecular complexity index is 1280. The van der Waals surface area contributed by atoms with Crippen LogP contribution >= 0.6 is 23.1 Å². The van der Waals surface area contributed by atoms with Crippen LogP contribution in [0.3, 0.4) is 0 Å². The van der Waals surface area contributed by atoms with E-state index in [1.807, 2.05) is 33.6 Å². The van der Waals surface area contributed by atoms with Crippen LogP contribution in [0.1, 0.15) is 5.56 Å². The summed E-state index contributed by atoms with van der Waals surface area (Å²) in [6, 6.07) is 13.3. The Hall–Kier alpha value is -2.79. The van der Waals surface area contributed by atoms with Crippen molar-refractivity contribution in [3.63, 3.8) is 0 Å².